The van der Waals surface area contributed by atoms with Gasteiger partial charge in [-0.15, -0.1) is 0 Å². The average Bonchev–Trinajstić information content (AvgIpc) is 3.25. The average molecular weight is 520 g/mol. The predicted molar refractivity (Wildman–Crippen MR) is 131 cm³/mol. The molecule has 2 N–H and O–H groups in total. The SMILES string of the molecule is O=C(O)CN1/C(=C/c2sc3ccc(Cl)cc3[n+]2CS(=O)(=O)O)Sc2ccc3ccccc3c21. The number of rotatable bonds is 5. The first-order valence-electron chi connectivity index (χ1n) is 9.67. The molecule has 2 heterocycles. The van der Waals surface area contributed by atoms with Crippen LogP contribution in [0.25, 0.3) is 27.1 Å². The molecule has 0 saturated heterocycles. The second kappa shape index (κ2) is 8.30. The van der Waals surface area contributed by atoms with E-state index in [0.717, 1.165) is 26.1 Å². The number of fused-ring (bicyclic) bond motifs is 4. The second-order valence-electron chi connectivity index (χ2n) is 7.39. The van der Waals surface area contributed by atoms with E-state index in [0.29, 0.717) is 20.6 Å². The van der Waals surface area contributed by atoms with Gasteiger partial charge in [0.05, 0.1) is 16.8 Å². The fourth-order valence-corrected chi connectivity index (χ4v) is 6.98. The molecule has 0 bridgehead atoms. The Bertz CT molecular complexity index is 1580. The van der Waals surface area contributed by atoms with Crippen molar-refractivity contribution in [3.8, 4) is 0 Å². The summed E-state index contributed by atoms with van der Waals surface area (Å²) in [6, 6.07) is 16.8. The smallest absolute Gasteiger partial charge is 0.326 e. The van der Waals surface area contributed by atoms with Crippen molar-refractivity contribution in [2.75, 3.05) is 11.4 Å². The lowest BCUT2D eigenvalue weighted by molar-refractivity contribution is -0.649. The number of carbonyl (C=O) groups is 1. The molecule has 1 aliphatic heterocycles. The van der Waals surface area contributed by atoms with E-state index in [1.54, 1.807) is 29.2 Å². The number of nitrogens with zero attached hydrogens (tertiary/aromatic N) is 2. The largest absolute Gasteiger partial charge is 0.480 e. The van der Waals surface area contributed by atoms with Gasteiger partial charge in [-0.2, -0.15) is 13.0 Å². The van der Waals surface area contributed by atoms with Crippen LogP contribution in [0.5, 0.6) is 0 Å². The highest BCUT2D eigenvalue weighted by atomic mass is 35.5. The molecule has 4 aromatic rings. The fraction of sp³-hybridized carbons (Fsp3) is 0.0909. The maximum absolute atomic E-state index is 11.7. The van der Waals surface area contributed by atoms with E-state index in [2.05, 4.69) is 0 Å². The Morgan fingerprint density at radius 3 is 2.70 bits per heavy atom. The molecule has 1 aromatic heterocycles. The van der Waals surface area contributed by atoms with Crippen LogP contribution in [0.4, 0.5) is 5.69 Å². The molecule has 0 radical (unpaired) electrons. The normalized spacial score (nSPS) is 15.0. The van der Waals surface area contributed by atoms with Crippen molar-refractivity contribution >= 4 is 83.5 Å². The molecule has 5 rings (SSSR count). The zero-order valence-corrected chi connectivity index (χ0v) is 20.0. The molecular weight excluding hydrogens is 504 g/mol. The molecule has 168 valence electrons. The molecular formula is C22H16ClN2O5S3+. The number of carboxylic acids is 1. The maximum Gasteiger partial charge on any atom is 0.326 e. The quantitative estimate of drug-likeness (QED) is 0.287. The van der Waals surface area contributed by atoms with Gasteiger partial charge in [0.25, 0.3) is 10.9 Å². The third kappa shape index (κ3) is 4.32. The predicted octanol–water partition coefficient (Wildman–Crippen LogP) is 4.84. The van der Waals surface area contributed by atoms with Crippen molar-refractivity contribution in [3.63, 3.8) is 0 Å². The van der Waals surface area contributed by atoms with Crippen molar-refractivity contribution in [1.82, 2.24) is 0 Å². The molecule has 0 aliphatic carbocycles. The van der Waals surface area contributed by atoms with Crippen LogP contribution in [0, 0.1) is 0 Å². The van der Waals surface area contributed by atoms with Crippen molar-refractivity contribution in [2.45, 2.75) is 10.8 Å². The standard InChI is InChI=1S/C22H15ClN2O5S3/c23-14-6-8-17-16(9-14)25(12-33(28,29)30)20(31-17)10-19-24(11-21(26)27)22-15-4-2-1-3-13(15)5-7-18(22)32-19/h1-10H,11-12H2,(H-,26,27,28,29,30)/p+1. The molecule has 1 aliphatic rings. The minimum atomic E-state index is -4.34. The Labute approximate surface area is 202 Å². The number of aliphatic carboxylic acids is 1. The number of hydrogen-bond acceptors (Lipinski definition) is 6. The Morgan fingerprint density at radius 1 is 1.15 bits per heavy atom. The zero-order chi connectivity index (χ0) is 23.3. The molecule has 0 spiro atoms. The summed E-state index contributed by atoms with van der Waals surface area (Å²) < 4.78 is 35.3. The highest BCUT2D eigenvalue weighted by molar-refractivity contribution is 8.04. The van der Waals surface area contributed by atoms with E-state index < -0.39 is 22.0 Å². The van der Waals surface area contributed by atoms with E-state index >= 15 is 0 Å². The maximum atomic E-state index is 11.7. The van der Waals surface area contributed by atoms with Gasteiger partial charge >= 0.3 is 16.1 Å². The van der Waals surface area contributed by atoms with E-state index in [4.69, 9.17) is 11.6 Å². The Morgan fingerprint density at radius 2 is 1.94 bits per heavy atom. The van der Waals surface area contributed by atoms with E-state index in [-0.39, 0.29) is 6.54 Å². The van der Waals surface area contributed by atoms with Crippen LogP contribution in [0.15, 0.2) is 64.5 Å². The third-order valence-corrected chi connectivity index (χ3v) is 8.17. The molecule has 3 aromatic carbocycles. The van der Waals surface area contributed by atoms with Gasteiger partial charge in [-0.1, -0.05) is 65.0 Å². The highest BCUT2D eigenvalue weighted by Gasteiger charge is 2.31. The lowest BCUT2D eigenvalue weighted by Crippen LogP contribution is -2.39. The minimum Gasteiger partial charge on any atom is -0.480 e. The van der Waals surface area contributed by atoms with E-state index in [1.165, 1.54) is 27.7 Å². The monoisotopic (exact) mass is 519 g/mol. The summed E-state index contributed by atoms with van der Waals surface area (Å²) in [6.07, 6.45) is 1.76. The number of carboxylic acid groups (broad SMARTS) is 1. The third-order valence-electron chi connectivity index (χ3n) is 5.14. The summed E-state index contributed by atoms with van der Waals surface area (Å²) in [6.45, 7) is -0.255. The van der Waals surface area contributed by atoms with Gasteiger partial charge < -0.3 is 10.0 Å². The first-order chi connectivity index (χ1) is 15.7. The van der Waals surface area contributed by atoms with Gasteiger partial charge in [-0.3, -0.25) is 9.35 Å². The number of aromatic nitrogens is 1. The zero-order valence-electron chi connectivity index (χ0n) is 16.8. The number of thiazole rings is 1. The second-order valence-corrected chi connectivity index (χ2v) is 11.4. The number of hydrogen-bond donors (Lipinski definition) is 2. The van der Waals surface area contributed by atoms with E-state index in [1.807, 2.05) is 36.4 Å². The van der Waals surface area contributed by atoms with Gasteiger partial charge in [-0.25, -0.2) is 0 Å². The number of thioether (sulfide) groups is 1. The summed E-state index contributed by atoms with van der Waals surface area (Å²) in [5.41, 5.74) is 1.37. The Hall–Kier alpha value is -2.63. The topological polar surface area (TPSA) is 98.8 Å². The van der Waals surface area contributed by atoms with Crippen molar-refractivity contribution in [2.24, 2.45) is 0 Å². The Balaban J connectivity index is 1.70. The van der Waals surface area contributed by atoms with Crippen LogP contribution in [0.2, 0.25) is 5.02 Å². The number of halogens is 1. The fourth-order valence-electron chi connectivity index (χ4n) is 3.86. The molecule has 0 unspecified atom stereocenters. The summed E-state index contributed by atoms with van der Waals surface area (Å²) in [4.78, 5) is 14.4. The lowest BCUT2D eigenvalue weighted by Gasteiger charge is -2.19. The summed E-state index contributed by atoms with van der Waals surface area (Å²) in [5.74, 6) is -1.64. The summed E-state index contributed by atoms with van der Waals surface area (Å²) in [7, 11) is -4.34. The summed E-state index contributed by atoms with van der Waals surface area (Å²) >= 11 is 8.87. The molecule has 0 saturated carbocycles. The van der Waals surface area contributed by atoms with Crippen molar-refractivity contribution in [1.29, 1.82) is 0 Å². The molecule has 11 heteroatoms. The van der Waals surface area contributed by atoms with Gasteiger partial charge in [0.2, 0.25) is 5.52 Å². The van der Waals surface area contributed by atoms with Crippen molar-refractivity contribution < 1.29 is 27.4 Å². The van der Waals surface area contributed by atoms with Crippen LogP contribution in [0.1, 0.15) is 5.01 Å². The molecule has 0 amide bonds. The number of anilines is 1. The van der Waals surface area contributed by atoms with Crippen LogP contribution < -0.4 is 9.47 Å². The van der Waals surface area contributed by atoms with Crippen LogP contribution in [-0.2, 0) is 20.8 Å². The van der Waals surface area contributed by atoms with Crippen LogP contribution in [0.3, 0.4) is 0 Å². The van der Waals surface area contributed by atoms with Crippen LogP contribution in [-0.4, -0.2) is 30.6 Å². The minimum absolute atomic E-state index is 0.255. The molecule has 7 nitrogen and oxygen atoms in total. The van der Waals surface area contributed by atoms with Gasteiger partial charge in [0.15, 0.2) is 0 Å². The molecule has 0 atom stereocenters. The number of benzene rings is 3. The van der Waals surface area contributed by atoms with Crippen molar-refractivity contribution in [3.05, 3.63) is 69.7 Å². The molecule has 33 heavy (non-hydrogen) atoms. The van der Waals surface area contributed by atoms with Crippen LogP contribution >= 0.6 is 34.7 Å². The van der Waals surface area contributed by atoms with E-state index in [9.17, 15) is 22.9 Å². The van der Waals surface area contributed by atoms with Gasteiger partial charge in [0.1, 0.15) is 11.2 Å². The molecule has 0 fully saturated rings. The van der Waals surface area contributed by atoms with Gasteiger partial charge in [0, 0.05) is 21.4 Å². The highest BCUT2D eigenvalue weighted by Crippen LogP contribution is 2.50. The first kappa shape index (κ1) is 22.2. The first-order valence-corrected chi connectivity index (χ1v) is 13.3. The van der Waals surface area contributed by atoms with Gasteiger partial charge in [-0.05, 0) is 23.6 Å². The summed E-state index contributed by atoms with van der Waals surface area (Å²) in [5, 5.41) is 13.1. The Kier molecular flexibility index (Phi) is 5.58. The lowest BCUT2D eigenvalue weighted by atomic mass is 10.1.